The van der Waals surface area contributed by atoms with Crippen molar-refractivity contribution in [1.29, 1.82) is 0 Å². The first-order chi connectivity index (χ1) is 9.56. The smallest absolute Gasteiger partial charge is 0.296 e. The highest BCUT2D eigenvalue weighted by Crippen LogP contribution is 2.24. The summed E-state index contributed by atoms with van der Waals surface area (Å²) in [7, 11) is 0. The molecule has 0 atom stereocenters. The molecule has 0 fully saturated rings. The van der Waals surface area contributed by atoms with E-state index in [0.717, 1.165) is 10.5 Å². The Hall–Kier alpha value is -1.76. The maximum Gasteiger partial charge on any atom is 0.296 e. The molecule has 0 saturated carbocycles. The molecule has 106 valence electrons. The monoisotopic (exact) mass is 298 g/mol. The molecule has 4 nitrogen and oxygen atoms in total. The van der Waals surface area contributed by atoms with Gasteiger partial charge in [-0.05, 0) is 18.6 Å². The van der Waals surface area contributed by atoms with Crippen LogP contribution in [0.25, 0.3) is 0 Å². The quantitative estimate of drug-likeness (QED) is 0.767. The number of alkyl halides is 2. The Morgan fingerprint density at radius 1 is 1.40 bits per heavy atom. The minimum atomic E-state index is -3.01. The fourth-order valence-electron chi connectivity index (χ4n) is 1.51. The van der Waals surface area contributed by atoms with Crippen LogP contribution < -0.4 is 0 Å². The van der Waals surface area contributed by atoms with Gasteiger partial charge in [0.1, 0.15) is 0 Å². The minimum absolute atomic E-state index is 0.0734. The van der Waals surface area contributed by atoms with Crippen LogP contribution in [0.15, 0.2) is 33.7 Å². The number of Topliss-reactive ketones (excluding diaryl/α,β-unsaturated/α-hetero) is 1. The van der Waals surface area contributed by atoms with Gasteiger partial charge in [0.15, 0.2) is 5.82 Å². The van der Waals surface area contributed by atoms with E-state index < -0.39 is 18.6 Å². The second-order valence-electron chi connectivity index (χ2n) is 4.10. The molecular formula is C13H12F2N2O2S. The van der Waals surface area contributed by atoms with Crippen molar-refractivity contribution < 1.29 is 18.1 Å². The van der Waals surface area contributed by atoms with E-state index >= 15 is 0 Å². The van der Waals surface area contributed by atoms with E-state index in [9.17, 15) is 13.6 Å². The Morgan fingerprint density at radius 3 is 2.85 bits per heavy atom. The van der Waals surface area contributed by atoms with Gasteiger partial charge in [-0.25, -0.2) is 8.78 Å². The van der Waals surface area contributed by atoms with Crippen LogP contribution in [-0.2, 0) is 17.0 Å². The fourth-order valence-corrected chi connectivity index (χ4v) is 2.38. The molecule has 7 heteroatoms. The summed E-state index contributed by atoms with van der Waals surface area (Å²) in [5.74, 6) is -0.449. The topological polar surface area (TPSA) is 56.0 Å². The molecule has 0 amide bonds. The zero-order valence-electron chi connectivity index (χ0n) is 10.7. The first-order valence-electron chi connectivity index (χ1n) is 5.87. The third-order valence-electron chi connectivity index (χ3n) is 2.53. The zero-order valence-corrected chi connectivity index (χ0v) is 11.5. The summed E-state index contributed by atoms with van der Waals surface area (Å²) in [5.41, 5.74) is 1.13. The molecule has 0 bridgehead atoms. The van der Waals surface area contributed by atoms with Crippen LogP contribution in [0.2, 0.25) is 0 Å². The van der Waals surface area contributed by atoms with E-state index in [4.69, 9.17) is 4.52 Å². The van der Waals surface area contributed by atoms with Crippen molar-refractivity contribution in [3.05, 3.63) is 41.5 Å². The van der Waals surface area contributed by atoms with Crippen molar-refractivity contribution >= 4 is 17.5 Å². The molecule has 0 aliphatic heterocycles. The van der Waals surface area contributed by atoms with E-state index in [-0.39, 0.29) is 5.89 Å². The van der Waals surface area contributed by atoms with Gasteiger partial charge in [0.2, 0.25) is 11.7 Å². The lowest BCUT2D eigenvalue weighted by Crippen LogP contribution is -2.12. The van der Waals surface area contributed by atoms with Gasteiger partial charge in [0.05, 0.1) is 12.2 Å². The first kappa shape index (κ1) is 14.6. The lowest BCUT2D eigenvalue weighted by molar-refractivity contribution is -0.129. The Labute approximate surface area is 118 Å². The molecule has 1 heterocycles. The molecule has 0 saturated heterocycles. The Balaban J connectivity index is 1.93. The number of carbonyl (C=O) groups excluding carboxylic acids is 1. The molecule has 0 spiro atoms. The molecule has 0 N–H and O–H groups in total. The summed E-state index contributed by atoms with van der Waals surface area (Å²) < 4.78 is 29.0. The normalized spacial score (nSPS) is 11.0. The molecule has 2 rings (SSSR count). The molecule has 0 unspecified atom stereocenters. The highest BCUT2D eigenvalue weighted by atomic mass is 32.2. The number of nitrogens with zero attached hydrogens (tertiary/aromatic N) is 2. The number of thioether (sulfide) groups is 1. The van der Waals surface area contributed by atoms with Gasteiger partial charge in [-0.1, -0.05) is 23.4 Å². The number of rotatable bonds is 6. The summed E-state index contributed by atoms with van der Waals surface area (Å²) in [4.78, 5) is 15.9. The molecule has 20 heavy (non-hydrogen) atoms. The highest BCUT2D eigenvalue weighted by molar-refractivity contribution is 7.98. The van der Waals surface area contributed by atoms with Crippen LogP contribution in [0.5, 0.6) is 0 Å². The van der Waals surface area contributed by atoms with Crippen molar-refractivity contribution in [3.63, 3.8) is 0 Å². The van der Waals surface area contributed by atoms with Crippen LogP contribution in [-0.4, -0.2) is 22.3 Å². The van der Waals surface area contributed by atoms with Crippen molar-refractivity contribution in [3.8, 4) is 0 Å². The zero-order chi connectivity index (χ0) is 14.5. The van der Waals surface area contributed by atoms with Crippen LogP contribution in [0.3, 0.4) is 0 Å². The van der Waals surface area contributed by atoms with Crippen molar-refractivity contribution in [2.45, 2.75) is 30.4 Å². The number of halogens is 2. The number of carbonyl (C=O) groups is 1. The van der Waals surface area contributed by atoms with Gasteiger partial charge in [0.25, 0.3) is 6.43 Å². The average Bonchev–Trinajstić information content (AvgIpc) is 2.85. The molecule has 0 aliphatic carbocycles. The Morgan fingerprint density at radius 2 is 2.15 bits per heavy atom. The van der Waals surface area contributed by atoms with Gasteiger partial charge in [-0.2, -0.15) is 4.98 Å². The largest absolute Gasteiger partial charge is 0.339 e. The summed E-state index contributed by atoms with van der Waals surface area (Å²) in [6, 6.07) is 7.84. The maximum absolute atomic E-state index is 12.1. The summed E-state index contributed by atoms with van der Waals surface area (Å²) >= 11 is 1.52. The lowest BCUT2D eigenvalue weighted by atomic mass is 10.2. The van der Waals surface area contributed by atoms with Crippen molar-refractivity contribution in [1.82, 2.24) is 10.1 Å². The number of ketones is 1. The van der Waals surface area contributed by atoms with Gasteiger partial charge in [-0.3, -0.25) is 4.79 Å². The van der Waals surface area contributed by atoms with E-state index in [1.807, 2.05) is 31.2 Å². The number of benzene rings is 1. The van der Waals surface area contributed by atoms with Crippen molar-refractivity contribution in [2.75, 3.05) is 0 Å². The first-order valence-corrected chi connectivity index (χ1v) is 6.85. The fraction of sp³-hybridized carbons (Fsp3) is 0.308. The van der Waals surface area contributed by atoms with E-state index in [2.05, 4.69) is 10.1 Å². The van der Waals surface area contributed by atoms with E-state index in [1.165, 1.54) is 11.8 Å². The number of hydrogen-bond acceptors (Lipinski definition) is 5. The van der Waals surface area contributed by atoms with Gasteiger partial charge in [-0.15, -0.1) is 11.8 Å². The Bertz CT molecular complexity index is 602. The van der Waals surface area contributed by atoms with E-state index in [1.54, 1.807) is 0 Å². The lowest BCUT2D eigenvalue weighted by Gasteiger charge is -2.01. The van der Waals surface area contributed by atoms with Crippen LogP contribution in [0.4, 0.5) is 8.78 Å². The van der Waals surface area contributed by atoms with Crippen LogP contribution in [0, 0.1) is 6.92 Å². The van der Waals surface area contributed by atoms with Gasteiger partial charge >= 0.3 is 0 Å². The molecule has 0 aliphatic rings. The third-order valence-corrected chi connectivity index (χ3v) is 3.70. The van der Waals surface area contributed by atoms with Crippen molar-refractivity contribution in [2.24, 2.45) is 0 Å². The predicted molar refractivity (Wildman–Crippen MR) is 69.8 cm³/mol. The average molecular weight is 298 g/mol. The van der Waals surface area contributed by atoms with Gasteiger partial charge < -0.3 is 4.52 Å². The molecule has 1 aromatic carbocycles. The number of aromatic nitrogens is 2. The number of hydrogen-bond donors (Lipinski definition) is 0. The molecule has 0 radical (unpaired) electrons. The number of aryl methyl sites for hydroxylation is 1. The summed E-state index contributed by atoms with van der Waals surface area (Å²) in [5, 5.41) is 3.67. The second-order valence-corrected chi connectivity index (χ2v) is 5.12. The third kappa shape index (κ3) is 3.86. The molecule has 2 aromatic rings. The maximum atomic E-state index is 12.1. The van der Waals surface area contributed by atoms with Gasteiger partial charge in [0, 0.05) is 4.90 Å². The minimum Gasteiger partial charge on any atom is -0.339 e. The SMILES string of the molecule is Cc1ccccc1SCc1noc(CC(=O)C(F)F)n1. The van der Waals surface area contributed by atoms with E-state index in [0.29, 0.717) is 11.6 Å². The summed E-state index contributed by atoms with van der Waals surface area (Å²) in [6.45, 7) is 1.99. The molecule has 1 aromatic heterocycles. The Kier molecular flexibility index (Phi) is 4.84. The van der Waals surface area contributed by atoms with Crippen LogP contribution >= 0.6 is 11.8 Å². The standard InChI is InChI=1S/C13H12F2N2O2S/c1-8-4-2-3-5-10(8)20-7-11-16-12(19-17-11)6-9(18)13(14)15/h2-5,13H,6-7H2,1H3. The van der Waals surface area contributed by atoms with Crippen LogP contribution in [0.1, 0.15) is 17.3 Å². The highest BCUT2D eigenvalue weighted by Gasteiger charge is 2.19. The predicted octanol–water partition coefficient (Wildman–Crippen LogP) is 3.05. The molecular weight excluding hydrogens is 286 g/mol. The summed E-state index contributed by atoms with van der Waals surface area (Å²) in [6.07, 6.45) is -3.54. The second kappa shape index (κ2) is 6.60.